The van der Waals surface area contributed by atoms with Crippen LogP contribution in [0.2, 0.25) is 0 Å². The van der Waals surface area contributed by atoms with E-state index in [9.17, 15) is 4.39 Å². The Balaban J connectivity index is 2.54. The first kappa shape index (κ1) is 11.8. The van der Waals surface area contributed by atoms with Crippen LogP contribution in [0, 0.1) is 5.82 Å². The minimum Gasteiger partial charge on any atom is -0.313 e. The molecule has 2 aromatic rings. The average Bonchev–Trinajstić information content (AvgIpc) is 2.75. The molecule has 0 amide bonds. The number of hydrogen-bond acceptors (Lipinski definition) is 2. The lowest BCUT2D eigenvalue weighted by atomic mass is 9.97. The van der Waals surface area contributed by atoms with E-state index in [4.69, 9.17) is 0 Å². The van der Waals surface area contributed by atoms with Crippen LogP contribution in [-0.2, 0) is 7.05 Å². The van der Waals surface area contributed by atoms with Crippen molar-refractivity contribution in [3.63, 3.8) is 0 Å². The Labute approximate surface area is 100 Å². The zero-order valence-electron chi connectivity index (χ0n) is 10.2. The molecule has 0 aliphatic carbocycles. The second kappa shape index (κ2) is 4.67. The van der Waals surface area contributed by atoms with E-state index in [1.807, 2.05) is 33.3 Å². The molecule has 0 aliphatic heterocycles. The molecule has 2 rings (SSSR count). The molecule has 0 fully saturated rings. The SMILES string of the molecule is CNC(C)c1ccc(F)cc1-c1cnn(C)c1. The van der Waals surface area contributed by atoms with Gasteiger partial charge in [-0.15, -0.1) is 0 Å². The summed E-state index contributed by atoms with van der Waals surface area (Å²) in [4.78, 5) is 0. The van der Waals surface area contributed by atoms with Crippen LogP contribution in [0.3, 0.4) is 0 Å². The van der Waals surface area contributed by atoms with Gasteiger partial charge in [-0.05, 0) is 37.2 Å². The quantitative estimate of drug-likeness (QED) is 0.882. The molecule has 90 valence electrons. The van der Waals surface area contributed by atoms with Crippen molar-refractivity contribution in [1.29, 1.82) is 0 Å². The van der Waals surface area contributed by atoms with Crippen molar-refractivity contribution in [2.24, 2.45) is 7.05 Å². The van der Waals surface area contributed by atoms with E-state index >= 15 is 0 Å². The van der Waals surface area contributed by atoms with Crippen molar-refractivity contribution < 1.29 is 4.39 Å². The van der Waals surface area contributed by atoms with E-state index in [-0.39, 0.29) is 11.9 Å². The van der Waals surface area contributed by atoms with Crippen LogP contribution in [0.15, 0.2) is 30.6 Å². The van der Waals surface area contributed by atoms with Gasteiger partial charge >= 0.3 is 0 Å². The van der Waals surface area contributed by atoms with Crippen molar-refractivity contribution in [3.05, 3.63) is 42.0 Å². The number of nitrogens with zero attached hydrogens (tertiary/aromatic N) is 2. The highest BCUT2D eigenvalue weighted by molar-refractivity contribution is 5.66. The predicted molar refractivity (Wildman–Crippen MR) is 66.1 cm³/mol. The Kier molecular flexibility index (Phi) is 3.24. The Morgan fingerprint density at radius 1 is 1.41 bits per heavy atom. The van der Waals surface area contributed by atoms with E-state index < -0.39 is 0 Å². The number of halogens is 1. The third-order valence-electron chi connectivity index (χ3n) is 2.93. The van der Waals surface area contributed by atoms with Crippen molar-refractivity contribution >= 4 is 0 Å². The molecule has 17 heavy (non-hydrogen) atoms. The highest BCUT2D eigenvalue weighted by atomic mass is 19.1. The van der Waals surface area contributed by atoms with Gasteiger partial charge in [0.25, 0.3) is 0 Å². The number of benzene rings is 1. The van der Waals surface area contributed by atoms with Gasteiger partial charge in [0.2, 0.25) is 0 Å². The highest BCUT2D eigenvalue weighted by Crippen LogP contribution is 2.28. The van der Waals surface area contributed by atoms with Gasteiger partial charge in [0, 0.05) is 24.8 Å². The van der Waals surface area contributed by atoms with E-state index in [0.29, 0.717) is 0 Å². The summed E-state index contributed by atoms with van der Waals surface area (Å²) in [5, 5.41) is 7.29. The molecule has 0 saturated heterocycles. The lowest BCUT2D eigenvalue weighted by Gasteiger charge is -2.15. The molecule has 0 aliphatic rings. The van der Waals surface area contributed by atoms with Gasteiger partial charge in [-0.1, -0.05) is 6.07 Å². The van der Waals surface area contributed by atoms with Gasteiger partial charge in [0.1, 0.15) is 5.82 Å². The normalized spacial score (nSPS) is 12.7. The molecule has 4 heteroatoms. The first-order chi connectivity index (χ1) is 8.11. The Morgan fingerprint density at radius 3 is 2.76 bits per heavy atom. The van der Waals surface area contributed by atoms with E-state index in [1.54, 1.807) is 16.9 Å². The summed E-state index contributed by atoms with van der Waals surface area (Å²) in [6, 6.07) is 5.04. The summed E-state index contributed by atoms with van der Waals surface area (Å²) in [5.74, 6) is -0.226. The average molecular weight is 233 g/mol. The fraction of sp³-hybridized carbons (Fsp3) is 0.308. The van der Waals surface area contributed by atoms with Crippen LogP contribution in [-0.4, -0.2) is 16.8 Å². The van der Waals surface area contributed by atoms with Crippen LogP contribution in [0.4, 0.5) is 4.39 Å². The number of nitrogens with one attached hydrogen (secondary N) is 1. The largest absolute Gasteiger partial charge is 0.313 e. The van der Waals surface area contributed by atoms with Crippen LogP contribution in [0.25, 0.3) is 11.1 Å². The maximum absolute atomic E-state index is 13.4. The Bertz CT molecular complexity index is 519. The van der Waals surface area contributed by atoms with Crippen LogP contribution in [0.5, 0.6) is 0 Å². The number of hydrogen-bond donors (Lipinski definition) is 1. The van der Waals surface area contributed by atoms with Gasteiger partial charge < -0.3 is 5.32 Å². The van der Waals surface area contributed by atoms with Crippen molar-refractivity contribution in [2.75, 3.05) is 7.05 Å². The van der Waals surface area contributed by atoms with Crippen molar-refractivity contribution in [2.45, 2.75) is 13.0 Å². The molecule has 1 aromatic carbocycles. The second-order valence-electron chi connectivity index (χ2n) is 4.14. The zero-order chi connectivity index (χ0) is 12.4. The van der Waals surface area contributed by atoms with Crippen molar-refractivity contribution in [1.82, 2.24) is 15.1 Å². The molecule has 0 spiro atoms. The van der Waals surface area contributed by atoms with Gasteiger partial charge in [-0.2, -0.15) is 5.10 Å². The molecular weight excluding hydrogens is 217 g/mol. The minimum atomic E-state index is -0.226. The highest BCUT2D eigenvalue weighted by Gasteiger charge is 2.12. The summed E-state index contributed by atoms with van der Waals surface area (Å²) >= 11 is 0. The van der Waals surface area contributed by atoms with Crippen LogP contribution in [0.1, 0.15) is 18.5 Å². The smallest absolute Gasteiger partial charge is 0.123 e. The molecule has 0 bridgehead atoms. The molecule has 1 N–H and O–H groups in total. The minimum absolute atomic E-state index is 0.172. The predicted octanol–water partition coefficient (Wildman–Crippen LogP) is 2.51. The second-order valence-corrected chi connectivity index (χ2v) is 4.14. The number of aryl methyl sites for hydroxylation is 1. The summed E-state index contributed by atoms with van der Waals surface area (Å²) in [7, 11) is 3.74. The summed E-state index contributed by atoms with van der Waals surface area (Å²) < 4.78 is 15.1. The summed E-state index contributed by atoms with van der Waals surface area (Å²) in [6.45, 7) is 2.05. The van der Waals surface area contributed by atoms with E-state index in [0.717, 1.165) is 16.7 Å². The monoisotopic (exact) mass is 233 g/mol. The van der Waals surface area contributed by atoms with Crippen molar-refractivity contribution in [3.8, 4) is 11.1 Å². The maximum atomic E-state index is 13.4. The van der Waals surface area contributed by atoms with Crippen LogP contribution < -0.4 is 5.32 Å². The maximum Gasteiger partial charge on any atom is 0.123 e. The lowest BCUT2D eigenvalue weighted by Crippen LogP contribution is -2.13. The standard InChI is InChI=1S/C13H16FN3/c1-9(15-2)12-5-4-11(14)6-13(12)10-7-16-17(3)8-10/h4-9,15H,1-3H3. The van der Waals surface area contributed by atoms with Gasteiger partial charge in [0.05, 0.1) is 6.20 Å². The molecule has 0 saturated carbocycles. The number of rotatable bonds is 3. The van der Waals surface area contributed by atoms with Gasteiger partial charge in [-0.3, -0.25) is 4.68 Å². The lowest BCUT2D eigenvalue weighted by molar-refractivity contribution is 0.620. The molecule has 3 nitrogen and oxygen atoms in total. The van der Waals surface area contributed by atoms with Gasteiger partial charge in [0.15, 0.2) is 0 Å². The Hall–Kier alpha value is -1.68. The van der Waals surface area contributed by atoms with E-state index in [1.165, 1.54) is 6.07 Å². The van der Waals surface area contributed by atoms with Crippen LogP contribution >= 0.6 is 0 Å². The molecule has 1 unspecified atom stereocenters. The van der Waals surface area contributed by atoms with E-state index in [2.05, 4.69) is 10.4 Å². The molecular formula is C13H16FN3. The Morgan fingerprint density at radius 2 is 2.18 bits per heavy atom. The summed E-state index contributed by atoms with van der Waals surface area (Å²) in [6.07, 6.45) is 3.64. The molecule has 1 aromatic heterocycles. The molecule has 1 atom stereocenters. The number of aromatic nitrogens is 2. The third kappa shape index (κ3) is 2.36. The molecule has 1 heterocycles. The first-order valence-electron chi connectivity index (χ1n) is 5.57. The fourth-order valence-corrected chi connectivity index (χ4v) is 1.87. The topological polar surface area (TPSA) is 29.9 Å². The zero-order valence-corrected chi connectivity index (χ0v) is 10.2. The molecule has 0 radical (unpaired) electrons. The first-order valence-corrected chi connectivity index (χ1v) is 5.57. The fourth-order valence-electron chi connectivity index (χ4n) is 1.87. The third-order valence-corrected chi connectivity index (χ3v) is 2.93. The van der Waals surface area contributed by atoms with Gasteiger partial charge in [-0.25, -0.2) is 4.39 Å². The summed E-state index contributed by atoms with van der Waals surface area (Å²) in [5.41, 5.74) is 2.89.